The van der Waals surface area contributed by atoms with Gasteiger partial charge in [0, 0.05) is 0 Å². The van der Waals surface area contributed by atoms with E-state index in [1.807, 2.05) is 32.0 Å². The van der Waals surface area contributed by atoms with E-state index < -0.39 is 0 Å². The molecular formula is C17H16BrFN2O2. The lowest BCUT2D eigenvalue weighted by atomic mass is 10.1. The Balaban J connectivity index is 1.86. The molecule has 1 N–H and O–H groups in total. The minimum atomic E-state index is -0.372. The molecule has 0 radical (unpaired) electrons. The Morgan fingerprint density at radius 3 is 2.83 bits per heavy atom. The molecule has 1 amide bonds. The second-order valence-electron chi connectivity index (χ2n) is 5.02. The maximum absolute atomic E-state index is 13.1. The average Bonchev–Trinajstić information content (AvgIpc) is 2.52. The van der Waals surface area contributed by atoms with Gasteiger partial charge in [0.05, 0.1) is 10.7 Å². The molecule has 0 aliphatic heterocycles. The van der Waals surface area contributed by atoms with E-state index in [9.17, 15) is 9.18 Å². The van der Waals surface area contributed by atoms with E-state index in [0.717, 1.165) is 11.1 Å². The van der Waals surface area contributed by atoms with Gasteiger partial charge in [0.15, 0.2) is 6.61 Å². The van der Waals surface area contributed by atoms with Crippen LogP contribution in [0.4, 0.5) is 4.39 Å². The number of amides is 1. The third-order valence-corrected chi connectivity index (χ3v) is 3.66. The molecule has 0 aliphatic rings. The van der Waals surface area contributed by atoms with Crippen LogP contribution >= 0.6 is 15.9 Å². The van der Waals surface area contributed by atoms with Crippen molar-refractivity contribution in [2.45, 2.75) is 13.8 Å². The molecular weight excluding hydrogens is 363 g/mol. The van der Waals surface area contributed by atoms with Gasteiger partial charge in [-0.3, -0.25) is 4.79 Å². The Labute approximate surface area is 142 Å². The van der Waals surface area contributed by atoms with E-state index >= 15 is 0 Å². The number of ether oxygens (including phenoxy) is 1. The standard InChI is InChI=1S/C17H16BrFN2O2/c1-11-3-4-12(2)16(7-11)23-10-17(22)21-20-9-13-5-6-15(19)14(18)8-13/h3-9H,10H2,1-2H3,(H,21,22)/b20-9-. The number of hydrazone groups is 1. The first kappa shape index (κ1) is 17.1. The van der Waals surface area contributed by atoms with Crippen molar-refractivity contribution in [2.75, 3.05) is 6.61 Å². The Hall–Kier alpha value is -2.21. The molecule has 0 unspecified atom stereocenters. The van der Waals surface area contributed by atoms with Gasteiger partial charge in [-0.15, -0.1) is 0 Å². The third kappa shape index (κ3) is 5.17. The number of nitrogens with one attached hydrogen (secondary N) is 1. The molecule has 2 aromatic rings. The summed E-state index contributed by atoms with van der Waals surface area (Å²) in [7, 11) is 0. The lowest BCUT2D eigenvalue weighted by molar-refractivity contribution is -0.123. The summed E-state index contributed by atoms with van der Waals surface area (Å²) in [6.45, 7) is 3.74. The van der Waals surface area contributed by atoms with Gasteiger partial charge in [0.1, 0.15) is 11.6 Å². The fourth-order valence-electron chi connectivity index (χ4n) is 1.81. The van der Waals surface area contributed by atoms with Crippen LogP contribution in [0.5, 0.6) is 5.75 Å². The molecule has 0 saturated heterocycles. The van der Waals surface area contributed by atoms with Crippen LogP contribution in [0.1, 0.15) is 16.7 Å². The normalized spacial score (nSPS) is 10.8. The van der Waals surface area contributed by atoms with Gasteiger partial charge >= 0.3 is 0 Å². The Morgan fingerprint density at radius 1 is 1.30 bits per heavy atom. The number of carbonyl (C=O) groups is 1. The van der Waals surface area contributed by atoms with E-state index in [2.05, 4.69) is 26.5 Å². The van der Waals surface area contributed by atoms with Gasteiger partial charge < -0.3 is 4.74 Å². The molecule has 0 bridgehead atoms. The predicted octanol–water partition coefficient (Wildman–Crippen LogP) is 3.73. The van der Waals surface area contributed by atoms with Crippen molar-refractivity contribution < 1.29 is 13.9 Å². The number of hydrogen-bond acceptors (Lipinski definition) is 3. The number of benzene rings is 2. The van der Waals surface area contributed by atoms with Crippen LogP contribution in [-0.4, -0.2) is 18.7 Å². The maximum Gasteiger partial charge on any atom is 0.277 e. The minimum absolute atomic E-state index is 0.130. The molecule has 0 aliphatic carbocycles. The highest BCUT2D eigenvalue weighted by atomic mass is 79.9. The van der Waals surface area contributed by atoms with E-state index in [-0.39, 0.29) is 18.3 Å². The van der Waals surface area contributed by atoms with Crippen molar-refractivity contribution in [2.24, 2.45) is 5.10 Å². The maximum atomic E-state index is 13.1. The van der Waals surface area contributed by atoms with E-state index in [1.165, 1.54) is 12.3 Å². The van der Waals surface area contributed by atoms with Gasteiger partial charge in [0.25, 0.3) is 5.91 Å². The summed E-state index contributed by atoms with van der Waals surface area (Å²) in [6, 6.07) is 10.2. The summed E-state index contributed by atoms with van der Waals surface area (Å²) in [5.41, 5.74) is 5.05. The highest BCUT2D eigenvalue weighted by molar-refractivity contribution is 9.10. The van der Waals surface area contributed by atoms with Crippen LogP contribution in [0.15, 0.2) is 46.0 Å². The van der Waals surface area contributed by atoms with Crippen molar-refractivity contribution in [3.63, 3.8) is 0 Å². The van der Waals surface area contributed by atoms with Crippen molar-refractivity contribution in [3.05, 3.63) is 63.4 Å². The summed E-state index contributed by atoms with van der Waals surface area (Å²) in [4.78, 5) is 11.7. The summed E-state index contributed by atoms with van der Waals surface area (Å²) in [5, 5.41) is 3.82. The number of rotatable bonds is 5. The van der Waals surface area contributed by atoms with Crippen molar-refractivity contribution in [3.8, 4) is 5.75 Å². The Morgan fingerprint density at radius 2 is 2.09 bits per heavy atom. The molecule has 0 saturated carbocycles. The molecule has 120 valence electrons. The van der Waals surface area contributed by atoms with Gasteiger partial charge in [-0.1, -0.05) is 18.2 Å². The predicted molar refractivity (Wildman–Crippen MR) is 91.2 cm³/mol. The average molecular weight is 379 g/mol. The fourth-order valence-corrected chi connectivity index (χ4v) is 2.21. The molecule has 23 heavy (non-hydrogen) atoms. The van der Waals surface area contributed by atoms with Crippen LogP contribution in [-0.2, 0) is 4.79 Å². The summed E-state index contributed by atoms with van der Waals surface area (Å²) in [6.07, 6.45) is 1.43. The van der Waals surface area contributed by atoms with Crippen molar-refractivity contribution in [1.29, 1.82) is 0 Å². The Bertz CT molecular complexity index is 747. The molecule has 0 aromatic heterocycles. The topological polar surface area (TPSA) is 50.7 Å². The van der Waals surface area contributed by atoms with Crippen molar-refractivity contribution >= 4 is 28.1 Å². The van der Waals surface area contributed by atoms with Crippen LogP contribution in [0.25, 0.3) is 0 Å². The van der Waals surface area contributed by atoms with Crippen LogP contribution in [0.2, 0.25) is 0 Å². The Kier molecular flexibility index (Phi) is 5.87. The zero-order valence-electron chi connectivity index (χ0n) is 12.8. The first-order chi connectivity index (χ1) is 11.0. The second kappa shape index (κ2) is 7.87. The minimum Gasteiger partial charge on any atom is -0.483 e. The molecule has 4 nitrogen and oxygen atoms in total. The molecule has 2 rings (SSSR count). The molecule has 6 heteroatoms. The first-order valence-electron chi connectivity index (χ1n) is 6.92. The highest BCUT2D eigenvalue weighted by Gasteiger charge is 2.04. The largest absolute Gasteiger partial charge is 0.483 e. The van der Waals surface area contributed by atoms with E-state index in [1.54, 1.807) is 12.1 Å². The van der Waals surface area contributed by atoms with Crippen LogP contribution in [0, 0.1) is 19.7 Å². The number of halogens is 2. The summed E-state index contributed by atoms with van der Waals surface area (Å²) in [5.74, 6) is -0.0527. The lowest BCUT2D eigenvalue weighted by Gasteiger charge is -2.08. The summed E-state index contributed by atoms with van der Waals surface area (Å²) >= 11 is 3.09. The molecule has 2 aromatic carbocycles. The first-order valence-corrected chi connectivity index (χ1v) is 7.72. The van der Waals surface area contributed by atoms with E-state index in [0.29, 0.717) is 15.8 Å². The quantitative estimate of drug-likeness (QED) is 0.636. The van der Waals surface area contributed by atoms with E-state index in [4.69, 9.17) is 4.74 Å². The van der Waals surface area contributed by atoms with Crippen LogP contribution < -0.4 is 10.2 Å². The summed E-state index contributed by atoms with van der Waals surface area (Å²) < 4.78 is 18.9. The lowest BCUT2D eigenvalue weighted by Crippen LogP contribution is -2.24. The van der Waals surface area contributed by atoms with Gasteiger partial charge in [-0.05, 0) is 64.7 Å². The third-order valence-electron chi connectivity index (χ3n) is 3.05. The monoisotopic (exact) mass is 378 g/mol. The highest BCUT2D eigenvalue weighted by Crippen LogP contribution is 2.18. The number of carbonyl (C=O) groups excluding carboxylic acids is 1. The number of hydrogen-bond donors (Lipinski definition) is 1. The SMILES string of the molecule is Cc1ccc(C)c(OCC(=O)N/N=C\c2ccc(F)c(Br)c2)c1. The molecule has 0 spiro atoms. The zero-order valence-corrected chi connectivity index (χ0v) is 14.4. The van der Waals surface area contributed by atoms with Gasteiger partial charge in [0.2, 0.25) is 0 Å². The molecule has 0 heterocycles. The van der Waals surface area contributed by atoms with Gasteiger partial charge in [-0.25, -0.2) is 9.82 Å². The fraction of sp³-hybridized carbons (Fsp3) is 0.176. The van der Waals surface area contributed by atoms with Crippen LogP contribution in [0.3, 0.4) is 0 Å². The smallest absolute Gasteiger partial charge is 0.277 e. The second-order valence-corrected chi connectivity index (χ2v) is 5.88. The zero-order chi connectivity index (χ0) is 16.8. The molecule has 0 fully saturated rings. The van der Waals surface area contributed by atoms with Crippen molar-refractivity contribution in [1.82, 2.24) is 5.43 Å². The molecule has 0 atom stereocenters. The number of aryl methyl sites for hydroxylation is 2. The van der Waals surface area contributed by atoms with Gasteiger partial charge in [-0.2, -0.15) is 5.10 Å². The number of nitrogens with zero attached hydrogens (tertiary/aromatic N) is 1.